The van der Waals surface area contributed by atoms with Crippen LogP contribution in [0.5, 0.6) is 0 Å². The van der Waals surface area contributed by atoms with Crippen molar-refractivity contribution in [2.24, 2.45) is 11.7 Å². The molecule has 0 aliphatic carbocycles. The summed E-state index contributed by atoms with van der Waals surface area (Å²) in [5, 5.41) is 28.4. The normalized spacial score (nSPS) is 15.5. The Morgan fingerprint density at radius 2 is 0.903 bits per heavy atom. The van der Waals surface area contributed by atoms with Crippen molar-refractivity contribution in [3.8, 4) is 0 Å². The number of hydrogen-bond donors (Lipinski definition) is 4. The van der Waals surface area contributed by atoms with Crippen molar-refractivity contribution >= 4 is 5.78 Å². The number of rotatable bonds is 23. The van der Waals surface area contributed by atoms with E-state index in [0.29, 0.717) is 6.42 Å². The number of ketones is 1. The van der Waals surface area contributed by atoms with Gasteiger partial charge in [-0.1, -0.05) is 110 Å². The van der Waals surface area contributed by atoms with Crippen LogP contribution < -0.4 is 5.73 Å². The van der Waals surface area contributed by atoms with Gasteiger partial charge in [0, 0.05) is 12.0 Å². The summed E-state index contributed by atoms with van der Waals surface area (Å²) in [5.41, 5.74) is 5.66. The summed E-state index contributed by atoms with van der Waals surface area (Å²) in [4.78, 5) is 11.4. The maximum atomic E-state index is 11.4. The molecule has 0 aliphatic rings. The fourth-order valence-corrected chi connectivity index (χ4v) is 4.05. The van der Waals surface area contributed by atoms with Gasteiger partial charge in [-0.05, 0) is 19.8 Å². The molecule has 0 aromatic rings. The van der Waals surface area contributed by atoms with Crippen LogP contribution in [-0.4, -0.2) is 46.0 Å². The van der Waals surface area contributed by atoms with Crippen molar-refractivity contribution in [2.75, 3.05) is 6.61 Å². The van der Waals surface area contributed by atoms with E-state index in [9.17, 15) is 15.0 Å². The molecule has 5 N–H and O–H groups in total. The minimum atomic E-state index is -0.612. The van der Waals surface area contributed by atoms with Crippen LogP contribution in [0.2, 0.25) is 0 Å². The molecule has 0 spiro atoms. The average Bonchev–Trinajstić information content (AvgIpc) is 2.76. The van der Waals surface area contributed by atoms with Crippen LogP contribution in [0.3, 0.4) is 0 Å². The van der Waals surface area contributed by atoms with Gasteiger partial charge in [0.1, 0.15) is 6.61 Å². The Labute approximate surface area is 192 Å². The molecule has 0 aliphatic heterocycles. The Balaban J connectivity index is 3.23. The van der Waals surface area contributed by atoms with Gasteiger partial charge in [0.2, 0.25) is 0 Å². The van der Waals surface area contributed by atoms with Gasteiger partial charge >= 0.3 is 0 Å². The Hall–Kier alpha value is -0.490. The highest BCUT2D eigenvalue weighted by Gasteiger charge is 2.20. The topological polar surface area (TPSA) is 104 Å². The molecular weight excluding hydrogens is 390 g/mol. The van der Waals surface area contributed by atoms with Crippen LogP contribution >= 0.6 is 0 Å². The number of carbonyl (C=O) groups is 1. The third-order valence-electron chi connectivity index (χ3n) is 6.60. The molecule has 5 nitrogen and oxygen atoms in total. The first-order valence-corrected chi connectivity index (χ1v) is 13.2. The van der Waals surface area contributed by atoms with E-state index in [1.807, 2.05) is 6.92 Å². The summed E-state index contributed by atoms with van der Waals surface area (Å²) in [6, 6.07) is -0.105. The molecule has 0 amide bonds. The fourth-order valence-electron chi connectivity index (χ4n) is 4.05. The summed E-state index contributed by atoms with van der Waals surface area (Å²) in [6.45, 7) is 3.09. The van der Waals surface area contributed by atoms with Crippen LogP contribution in [-0.2, 0) is 4.79 Å². The molecule has 0 radical (unpaired) electrons. The molecule has 4 unspecified atom stereocenters. The highest BCUT2D eigenvalue weighted by Crippen LogP contribution is 2.16. The van der Waals surface area contributed by atoms with Gasteiger partial charge < -0.3 is 21.1 Å². The molecule has 0 aromatic heterocycles. The monoisotopic (exact) mass is 443 g/mol. The van der Waals surface area contributed by atoms with Crippen LogP contribution in [0.4, 0.5) is 0 Å². The second kappa shape index (κ2) is 21.4. The lowest BCUT2D eigenvalue weighted by Gasteiger charge is -2.16. The lowest BCUT2D eigenvalue weighted by Crippen LogP contribution is -2.31. The summed E-state index contributed by atoms with van der Waals surface area (Å²) in [5.74, 6) is -0.715. The summed E-state index contributed by atoms with van der Waals surface area (Å²) >= 11 is 0. The Morgan fingerprint density at radius 3 is 1.19 bits per heavy atom. The number of aliphatic hydroxyl groups is 3. The molecular formula is C26H53NO4. The lowest BCUT2D eigenvalue weighted by atomic mass is 9.95. The van der Waals surface area contributed by atoms with Crippen molar-refractivity contribution in [2.45, 2.75) is 148 Å². The van der Waals surface area contributed by atoms with Gasteiger partial charge in [0.15, 0.2) is 5.78 Å². The second-order valence-electron chi connectivity index (χ2n) is 9.64. The maximum Gasteiger partial charge on any atom is 0.163 e. The molecule has 4 atom stereocenters. The SMILES string of the molecule is CC(N)C(O)CCCCCCCCCCCCCCCCCCC(O)C(C)C(=O)CO. The zero-order valence-corrected chi connectivity index (χ0v) is 20.6. The highest BCUT2D eigenvalue weighted by molar-refractivity contribution is 5.82. The van der Waals surface area contributed by atoms with E-state index < -0.39 is 18.6 Å². The maximum absolute atomic E-state index is 11.4. The van der Waals surface area contributed by atoms with Gasteiger partial charge in [-0.25, -0.2) is 0 Å². The average molecular weight is 444 g/mol. The number of nitrogens with two attached hydrogens (primary N) is 1. The van der Waals surface area contributed by atoms with Crippen LogP contribution in [0.1, 0.15) is 129 Å². The third kappa shape index (κ3) is 18.8. The zero-order valence-electron chi connectivity index (χ0n) is 20.6. The molecule has 186 valence electrons. The number of carbonyl (C=O) groups excluding carboxylic acids is 1. The van der Waals surface area contributed by atoms with Crippen molar-refractivity contribution in [1.29, 1.82) is 0 Å². The van der Waals surface area contributed by atoms with E-state index in [0.717, 1.165) is 25.7 Å². The van der Waals surface area contributed by atoms with Gasteiger partial charge in [-0.15, -0.1) is 0 Å². The second-order valence-corrected chi connectivity index (χ2v) is 9.64. The van der Waals surface area contributed by atoms with Gasteiger partial charge in [0.25, 0.3) is 0 Å². The predicted molar refractivity (Wildman–Crippen MR) is 130 cm³/mol. The van der Waals surface area contributed by atoms with Gasteiger partial charge in [-0.2, -0.15) is 0 Å². The molecule has 0 saturated carbocycles. The molecule has 0 aromatic carbocycles. The molecule has 5 heteroatoms. The molecule has 31 heavy (non-hydrogen) atoms. The highest BCUT2D eigenvalue weighted by atomic mass is 16.3. The van der Waals surface area contributed by atoms with Crippen LogP contribution in [0.25, 0.3) is 0 Å². The number of unbranched alkanes of at least 4 members (excludes halogenated alkanes) is 15. The molecule has 0 heterocycles. The largest absolute Gasteiger partial charge is 0.392 e. The van der Waals surface area contributed by atoms with Crippen LogP contribution in [0.15, 0.2) is 0 Å². The first-order chi connectivity index (χ1) is 14.9. The van der Waals surface area contributed by atoms with Crippen molar-refractivity contribution < 1.29 is 20.1 Å². The molecule has 0 rings (SSSR count). The number of hydrogen-bond acceptors (Lipinski definition) is 5. The lowest BCUT2D eigenvalue weighted by molar-refractivity contribution is -0.128. The standard InChI is InChI=1S/C26H53NO4/c1-22(26(31)21-28)24(29)19-17-15-13-11-9-7-5-3-4-6-8-10-12-14-16-18-20-25(30)23(2)27/h22-25,28-30H,3-21,27H2,1-2H3. The fraction of sp³-hybridized carbons (Fsp3) is 0.962. The van der Waals surface area contributed by atoms with Gasteiger partial charge in [0.05, 0.1) is 12.2 Å². The minimum Gasteiger partial charge on any atom is -0.392 e. The van der Waals surface area contributed by atoms with Crippen molar-refractivity contribution in [3.63, 3.8) is 0 Å². The Bertz CT molecular complexity index is 403. The predicted octanol–water partition coefficient (Wildman–Crippen LogP) is 5.27. The zero-order chi connectivity index (χ0) is 23.3. The first-order valence-electron chi connectivity index (χ1n) is 13.2. The van der Waals surface area contributed by atoms with E-state index in [2.05, 4.69) is 0 Å². The van der Waals surface area contributed by atoms with Gasteiger partial charge in [-0.3, -0.25) is 4.79 Å². The molecule has 0 bridgehead atoms. The summed E-state index contributed by atoms with van der Waals surface area (Å²) in [6.07, 6.45) is 20.8. The van der Waals surface area contributed by atoms with E-state index >= 15 is 0 Å². The number of Topliss-reactive ketones (excluding diaryl/α,β-unsaturated/α-hetero) is 1. The first kappa shape index (κ1) is 30.5. The Kier molecular flexibility index (Phi) is 21.0. The quantitative estimate of drug-likeness (QED) is 0.161. The van der Waals surface area contributed by atoms with Crippen molar-refractivity contribution in [3.05, 3.63) is 0 Å². The summed E-state index contributed by atoms with van der Waals surface area (Å²) < 4.78 is 0. The van der Waals surface area contributed by atoms with E-state index in [1.54, 1.807) is 6.92 Å². The number of aliphatic hydroxyl groups excluding tert-OH is 3. The van der Waals surface area contributed by atoms with Crippen LogP contribution in [0, 0.1) is 5.92 Å². The Morgan fingerprint density at radius 1 is 0.613 bits per heavy atom. The van der Waals surface area contributed by atoms with Crippen molar-refractivity contribution in [1.82, 2.24) is 0 Å². The molecule has 0 fully saturated rings. The van der Waals surface area contributed by atoms with E-state index in [4.69, 9.17) is 10.8 Å². The van der Waals surface area contributed by atoms with E-state index in [1.165, 1.54) is 83.5 Å². The third-order valence-corrected chi connectivity index (χ3v) is 6.60. The van der Waals surface area contributed by atoms with E-state index in [-0.39, 0.29) is 17.9 Å². The smallest absolute Gasteiger partial charge is 0.163 e. The molecule has 0 saturated heterocycles. The summed E-state index contributed by atoms with van der Waals surface area (Å²) in [7, 11) is 0. The minimum absolute atomic E-state index is 0.105.